The quantitative estimate of drug-likeness (QED) is 0.852. The van der Waals surface area contributed by atoms with E-state index in [4.69, 9.17) is 9.47 Å². The van der Waals surface area contributed by atoms with Crippen molar-refractivity contribution in [3.8, 4) is 5.75 Å². The van der Waals surface area contributed by atoms with Gasteiger partial charge in [-0.3, -0.25) is 0 Å². The average molecular weight is 300 g/mol. The molecule has 0 spiro atoms. The van der Waals surface area contributed by atoms with Crippen molar-refractivity contribution < 1.29 is 14.6 Å². The third kappa shape index (κ3) is 3.11. The summed E-state index contributed by atoms with van der Waals surface area (Å²) in [6.45, 7) is 1.10. The number of rotatable bonds is 5. The molecule has 0 radical (unpaired) electrons. The predicted octanol–water partition coefficient (Wildman–Crippen LogP) is 3.88. The van der Waals surface area contributed by atoms with Gasteiger partial charge >= 0.3 is 0 Å². The summed E-state index contributed by atoms with van der Waals surface area (Å²) in [7, 11) is 1.68. The Balaban J connectivity index is 2.03. The molecular weight excluding hydrogens is 276 g/mol. The zero-order valence-corrected chi connectivity index (χ0v) is 13.1. The van der Waals surface area contributed by atoms with Crippen LogP contribution in [0.3, 0.4) is 0 Å². The van der Waals surface area contributed by atoms with Crippen LogP contribution >= 0.6 is 0 Å². The van der Waals surface area contributed by atoms with Crippen LogP contribution in [0.4, 0.5) is 0 Å². The van der Waals surface area contributed by atoms with Gasteiger partial charge in [-0.05, 0) is 29.7 Å². The molecule has 3 heteroatoms. The van der Waals surface area contributed by atoms with Gasteiger partial charge in [0, 0.05) is 18.6 Å². The van der Waals surface area contributed by atoms with Crippen LogP contribution in [0.25, 0.3) is 10.8 Å². The van der Waals surface area contributed by atoms with Gasteiger partial charge in [-0.25, -0.2) is 0 Å². The van der Waals surface area contributed by atoms with Crippen LogP contribution in [0.15, 0.2) is 36.4 Å². The third-order valence-corrected chi connectivity index (χ3v) is 4.58. The largest absolute Gasteiger partial charge is 0.491 e. The fraction of sp³-hybridized carbons (Fsp3) is 0.474. The minimum atomic E-state index is -0.274. The number of hydrogen-bond donors (Lipinski definition) is 1. The first-order chi connectivity index (χ1) is 10.8. The molecule has 118 valence electrons. The van der Waals surface area contributed by atoms with Gasteiger partial charge in [-0.2, -0.15) is 0 Å². The topological polar surface area (TPSA) is 38.7 Å². The Morgan fingerprint density at radius 3 is 2.68 bits per heavy atom. The lowest BCUT2D eigenvalue weighted by atomic mass is 9.79. The molecule has 3 nitrogen and oxygen atoms in total. The number of benzene rings is 2. The second-order valence-electron chi connectivity index (χ2n) is 6.00. The van der Waals surface area contributed by atoms with E-state index in [1.54, 1.807) is 7.11 Å². The zero-order valence-electron chi connectivity index (χ0n) is 13.1. The van der Waals surface area contributed by atoms with Gasteiger partial charge in [-0.15, -0.1) is 0 Å². The zero-order chi connectivity index (χ0) is 15.4. The Morgan fingerprint density at radius 2 is 1.86 bits per heavy atom. The maximum Gasteiger partial charge on any atom is 0.123 e. The van der Waals surface area contributed by atoms with Crippen molar-refractivity contribution in [3.63, 3.8) is 0 Å². The lowest BCUT2D eigenvalue weighted by Crippen LogP contribution is -2.23. The Hall–Kier alpha value is -1.58. The predicted molar refractivity (Wildman–Crippen MR) is 88.5 cm³/mol. The minimum Gasteiger partial charge on any atom is -0.491 e. The highest BCUT2D eigenvalue weighted by atomic mass is 16.5. The maximum absolute atomic E-state index is 10.5. The van der Waals surface area contributed by atoms with E-state index in [1.807, 2.05) is 6.07 Å². The lowest BCUT2D eigenvalue weighted by molar-refractivity contribution is 0.103. The van der Waals surface area contributed by atoms with Crippen molar-refractivity contribution in [1.82, 2.24) is 0 Å². The molecule has 0 saturated heterocycles. The van der Waals surface area contributed by atoms with Gasteiger partial charge in [0.2, 0.25) is 0 Å². The molecular formula is C19H24O3. The van der Waals surface area contributed by atoms with Gasteiger partial charge in [-0.1, -0.05) is 43.2 Å². The van der Waals surface area contributed by atoms with Gasteiger partial charge in [0.25, 0.3) is 0 Å². The van der Waals surface area contributed by atoms with Crippen molar-refractivity contribution in [1.29, 1.82) is 0 Å². The van der Waals surface area contributed by atoms with Crippen molar-refractivity contribution in [2.75, 3.05) is 20.3 Å². The van der Waals surface area contributed by atoms with Crippen LogP contribution in [0.5, 0.6) is 5.75 Å². The molecule has 2 aromatic rings. The van der Waals surface area contributed by atoms with E-state index in [0.29, 0.717) is 13.2 Å². The first kappa shape index (κ1) is 15.3. The lowest BCUT2D eigenvalue weighted by Gasteiger charge is -2.30. The molecule has 0 aromatic heterocycles. The Kier molecular flexibility index (Phi) is 4.96. The molecule has 1 N–H and O–H groups in total. The molecule has 1 fully saturated rings. The Morgan fingerprint density at radius 1 is 1.05 bits per heavy atom. The first-order valence-corrected chi connectivity index (χ1v) is 8.12. The molecule has 0 aliphatic heterocycles. The van der Waals surface area contributed by atoms with Crippen LogP contribution in [-0.4, -0.2) is 31.5 Å². The van der Waals surface area contributed by atoms with Crippen LogP contribution in [0.1, 0.15) is 37.2 Å². The van der Waals surface area contributed by atoms with E-state index in [1.165, 1.54) is 22.8 Å². The molecule has 2 atom stereocenters. The van der Waals surface area contributed by atoms with Crippen molar-refractivity contribution in [3.05, 3.63) is 42.0 Å². The highest BCUT2D eigenvalue weighted by Gasteiger charge is 2.28. The van der Waals surface area contributed by atoms with Crippen molar-refractivity contribution >= 4 is 10.8 Å². The molecule has 1 aliphatic carbocycles. The molecule has 3 rings (SSSR count). The molecule has 2 aromatic carbocycles. The van der Waals surface area contributed by atoms with Crippen LogP contribution in [0.2, 0.25) is 0 Å². The summed E-state index contributed by atoms with van der Waals surface area (Å²) < 4.78 is 11.0. The standard InChI is InChI=1S/C19H24O3/c1-21-12-13-22-18-11-10-14-6-2-3-7-15(14)19(18)16-8-4-5-9-17(16)20/h2-3,6-7,10-11,16-17,20H,4-5,8-9,12-13H2,1H3/t16-,17+/m1/s1. The molecule has 0 heterocycles. The van der Waals surface area contributed by atoms with Gasteiger partial charge in [0.1, 0.15) is 12.4 Å². The number of ether oxygens (including phenoxy) is 2. The molecule has 0 unspecified atom stereocenters. The smallest absolute Gasteiger partial charge is 0.123 e. The summed E-state index contributed by atoms with van der Waals surface area (Å²) in [5.74, 6) is 1.05. The Bertz CT molecular complexity index is 623. The van der Waals surface area contributed by atoms with Gasteiger partial charge < -0.3 is 14.6 Å². The summed E-state index contributed by atoms with van der Waals surface area (Å²) in [4.78, 5) is 0. The fourth-order valence-corrected chi connectivity index (χ4v) is 3.47. The second-order valence-corrected chi connectivity index (χ2v) is 6.00. The minimum absolute atomic E-state index is 0.164. The Labute approximate surface area is 131 Å². The van der Waals surface area contributed by atoms with Crippen molar-refractivity contribution in [2.24, 2.45) is 0 Å². The molecule has 1 saturated carbocycles. The number of aliphatic hydroxyl groups excluding tert-OH is 1. The van der Waals surface area contributed by atoms with E-state index in [0.717, 1.165) is 25.0 Å². The maximum atomic E-state index is 10.5. The van der Waals surface area contributed by atoms with E-state index < -0.39 is 0 Å². The van der Waals surface area contributed by atoms with E-state index >= 15 is 0 Å². The molecule has 0 amide bonds. The average Bonchev–Trinajstić information content (AvgIpc) is 2.56. The second kappa shape index (κ2) is 7.12. The highest BCUT2D eigenvalue weighted by molar-refractivity contribution is 5.88. The molecule has 0 bridgehead atoms. The summed E-state index contributed by atoms with van der Waals surface area (Å²) in [5.41, 5.74) is 1.17. The summed E-state index contributed by atoms with van der Waals surface area (Å²) in [5, 5.41) is 12.9. The molecule has 1 aliphatic rings. The number of hydrogen-bond acceptors (Lipinski definition) is 3. The van der Waals surface area contributed by atoms with Crippen LogP contribution < -0.4 is 4.74 Å². The fourth-order valence-electron chi connectivity index (χ4n) is 3.47. The number of methoxy groups -OCH3 is 1. The van der Waals surface area contributed by atoms with Crippen LogP contribution in [-0.2, 0) is 4.74 Å². The summed E-state index contributed by atoms with van der Waals surface area (Å²) in [6.07, 6.45) is 3.91. The first-order valence-electron chi connectivity index (χ1n) is 8.12. The van der Waals surface area contributed by atoms with Crippen molar-refractivity contribution in [2.45, 2.75) is 37.7 Å². The number of fused-ring (bicyclic) bond motifs is 1. The van der Waals surface area contributed by atoms with E-state index in [-0.39, 0.29) is 12.0 Å². The summed E-state index contributed by atoms with van der Waals surface area (Å²) >= 11 is 0. The monoisotopic (exact) mass is 300 g/mol. The normalized spacial score (nSPS) is 21.9. The SMILES string of the molecule is COCCOc1ccc2ccccc2c1[C@@H]1CCCC[C@@H]1O. The van der Waals surface area contributed by atoms with Gasteiger partial charge in [0.15, 0.2) is 0 Å². The molecule has 22 heavy (non-hydrogen) atoms. The third-order valence-electron chi connectivity index (χ3n) is 4.58. The van der Waals surface area contributed by atoms with Gasteiger partial charge in [0.05, 0.1) is 12.7 Å². The van der Waals surface area contributed by atoms with Crippen LogP contribution in [0, 0.1) is 0 Å². The van der Waals surface area contributed by atoms with E-state index in [9.17, 15) is 5.11 Å². The highest BCUT2D eigenvalue weighted by Crippen LogP contribution is 2.41. The summed E-state index contributed by atoms with van der Waals surface area (Å²) in [6, 6.07) is 12.5. The van der Waals surface area contributed by atoms with E-state index in [2.05, 4.69) is 30.3 Å². The number of aliphatic hydroxyl groups is 1.